The van der Waals surface area contributed by atoms with E-state index in [0.717, 1.165) is 6.42 Å². The molecule has 0 aliphatic heterocycles. The minimum Gasteiger partial charge on any atom is -0.0801 e. The Kier molecular flexibility index (Phi) is 1.92. The number of rotatable bonds is 1. The van der Waals surface area contributed by atoms with Gasteiger partial charge in [0.05, 0.1) is 0 Å². The molecule has 0 spiro atoms. The Balaban J connectivity index is 2.14. The maximum atomic E-state index is 3.46. The zero-order valence-electron chi connectivity index (χ0n) is 8.40. The smallest absolute Gasteiger partial charge is 0.00176 e. The highest BCUT2D eigenvalue weighted by Crippen LogP contribution is 2.25. The van der Waals surface area contributed by atoms with Crippen LogP contribution >= 0.6 is 0 Å². The lowest BCUT2D eigenvalue weighted by molar-refractivity contribution is 1.44. The number of hydrogen-bond acceptors (Lipinski definition) is 0. The van der Waals surface area contributed by atoms with Gasteiger partial charge in [0.1, 0.15) is 0 Å². The summed E-state index contributed by atoms with van der Waals surface area (Å²) in [6.07, 6.45) is 7.49. The number of fused-ring (bicyclic) bond motifs is 1. The first-order valence-corrected chi connectivity index (χ1v) is 5.21. The summed E-state index contributed by atoms with van der Waals surface area (Å²) in [5.41, 5.74) is 2.58. The number of benzene rings is 2. The topological polar surface area (TPSA) is 0 Å². The third kappa shape index (κ3) is 1.48. The Morgan fingerprint density at radius 1 is 1.00 bits per heavy atom. The second-order valence-electron chi connectivity index (χ2n) is 3.78. The first-order valence-electron chi connectivity index (χ1n) is 5.21. The molecule has 0 aromatic heterocycles. The molecular formula is C15H11. The zero-order valence-corrected chi connectivity index (χ0v) is 8.40. The highest BCUT2D eigenvalue weighted by molar-refractivity contribution is 5.86. The molecule has 0 saturated carbocycles. The van der Waals surface area contributed by atoms with Gasteiger partial charge in [-0.05, 0) is 34.4 Å². The van der Waals surface area contributed by atoms with Gasteiger partial charge in [0.2, 0.25) is 0 Å². The van der Waals surface area contributed by atoms with Crippen molar-refractivity contribution >= 4 is 16.3 Å². The van der Waals surface area contributed by atoms with Gasteiger partial charge in [-0.2, -0.15) is 0 Å². The lowest BCUT2D eigenvalue weighted by Crippen LogP contribution is -1.82. The summed E-state index contributed by atoms with van der Waals surface area (Å²) < 4.78 is 0. The Morgan fingerprint density at radius 2 is 1.93 bits per heavy atom. The normalized spacial score (nSPS) is 14.5. The number of allylic oxidation sites excluding steroid dienone is 4. The molecule has 3 rings (SSSR count). The second-order valence-corrected chi connectivity index (χ2v) is 3.78. The van der Waals surface area contributed by atoms with Gasteiger partial charge < -0.3 is 0 Å². The van der Waals surface area contributed by atoms with Gasteiger partial charge in [-0.3, -0.25) is 0 Å². The van der Waals surface area contributed by atoms with E-state index in [-0.39, 0.29) is 0 Å². The first kappa shape index (κ1) is 8.49. The summed E-state index contributed by atoms with van der Waals surface area (Å²) in [6.45, 7) is 0. The Bertz CT molecular complexity index is 559. The standard InChI is InChI=1S/C15H11/c1-2-6-12(5-1)15-10-9-13-7-3-4-8-14(13)11-15/h1-5,7-10H,6H2. The third-order valence-corrected chi connectivity index (χ3v) is 2.78. The molecular weight excluding hydrogens is 180 g/mol. The van der Waals surface area contributed by atoms with E-state index >= 15 is 0 Å². The van der Waals surface area contributed by atoms with Crippen LogP contribution in [0.2, 0.25) is 0 Å². The summed E-state index contributed by atoms with van der Waals surface area (Å²) in [7, 11) is 0. The van der Waals surface area contributed by atoms with Crippen molar-refractivity contribution in [3.8, 4) is 0 Å². The van der Waals surface area contributed by atoms with Crippen LogP contribution < -0.4 is 0 Å². The van der Waals surface area contributed by atoms with Crippen LogP contribution in [-0.4, -0.2) is 0 Å². The molecule has 0 amide bonds. The lowest BCUT2D eigenvalue weighted by atomic mass is 10.0. The Labute approximate surface area is 89.6 Å². The van der Waals surface area contributed by atoms with Crippen molar-refractivity contribution in [2.75, 3.05) is 0 Å². The third-order valence-electron chi connectivity index (χ3n) is 2.78. The van der Waals surface area contributed by atoms with Crippen LogP contribution in [0.15, 0.2) is 54.6 Å². The van der Waals surface area contributed by atoms with Crippen molar-refractivity contribution < 1.29 is 0 Å². The highest BCUT2D eigenvalue weighted by atomic mass is 14.1. The molecule has 71 valence electrons. The zero-order chi connectivity index (χ0) is 10.1. The van der Waals surface area contributed by atoms with Crippen LogP contribution in [0, 0.1) is 6.07 Å². The summed E-state index contributed by atoms with van der Waals surface area (Å²) >= 11 is 0. The van der Waals surface area contributed by atoms with Gasteiger partial charge in [-0.1, -0.05) is 54.6 Å². The van der Waals surface area contributed by atoms with Crippen molar-refractivity contribution in [2.24, 2.45) is 0 Å². The summed E-state index contributed by atoms with van der Waals surface area (Å²) in [5.74, 6) is 0. The fraction of sp³-hybridized carbons (Fsp3) is 0.0667. The van der Waals surface area contributed by atoms with Gasteiger partial charge in [-0.25, -0.2) is 0 Å². The van der Waals surface area contributed by atoms with E-state index in [1.54, 1.807) is 0 Å². The van der Waals surface area contributed by atoms with Crippen LogP contribution in [0.25, 0.3) is 16.3 Å². The minimum absolute atomic E-state index is 1.04. The quantitative estimate of drug-likeness (QED) is 0.639. The molecule has 0 atom stereocenters. The molecule has 2 aromatic rings. The van der Waals surface area contributed by atoms with Crippen LogP contribution in [0.1, 0.15) is 12.0 Å². The molecule has 0 nitrogen and oxygen atoms in total. The average Bonchev–Trinajstić information content (AvgIpc) is 2.82. The van der Waals surface area contributed by atoms with E-state index < -0.39 is 0 Å². The van der Waals surface area contributed by atoms with Crippen molar-refractivity contribution in [2.45, 2.75) is 6.42 Å². The van der Waals surface area contributed by atoms with Gasteiger partial charge in [-0.15, -0.1) is 0 Å². The van der Waals surface area contributed by atoms with Crippen LogP contribution in [0.3, 0.4) is 0 Å². The van der Waals surface area contributed by atoms with Crippen molar-refractivity contribution in [1.29, 1.82) is 0 Å². The van der Waals surface area contributed by atoms with Crippen molar-refractivity contribution in [3.05, 3.63) is 66.3 Å². The van der Waals surface area contributed by atoms with Crippen LogP contribution in [-0.2, 0) is 0 Å². The van der Waals surface area contributed by atoms with Crippen LogP contribution in [0.5, 0.6) is 0 Å². The van der Waals surface area contributed by atoms with E-state index in [4.69, 9.17) is 0 Å². The Morgan fingerprint density at radius 3 is 2.80 bits per heavy atom. The second kappa shape index (κ2) is 3.39. The maximum absolute atomic E-state index is 3.46. The molecule has 0 heteroatoms. The molecule has 1 aliphatic rings. The van der Waals surface area contributed by atoms with E-state index in [9.17, 15) is 0 Å². The largest absolute Gasteiger partial charge is 0.0801 e. The molecule has 0 N–H and O–H groups in total. The average molecular weight is 191 g/mol. The fourth-order valence-electron chi connectivity index (χ4n) is 1.95. The summed E-state index contributed by atoms with van der Waals surface area (Å²) in [4.78, 5) is 0. The molecule has 0 bridgehead atoms. The van der Waals surface area contributed by atoms with Crippen LogP contribution in [0.4, 0.5) is 0 Å². The summed E-state index contributed by atoms with van der Waals surface area (Å²) in [6, 6.07) is 16.1. The molecule has 0 heterocycles. The lowest BCUT2D eigenvalue weighted by Gasteiger charge is -2.03. The predicted molar refractivity (Wildman–Crippen MR) is 64.5 cm³/mol. The molecule has 1 aliphatic carbocycles. The molecule has 0 unspecified atom stereocenters. The van der Waals surface area contributed by atoms with Gasteiger partial charge in [0.15, 0.2) is 0 Å². The molecule has 0 fully saturated rings. The van der Waals surface area contributed by atoms with E-state index in [2.05, 4.69) is 60.7 Å². The minimum atomic E-state index is 1.04. The fourth-order valence-corrected chi connectivity index (χ4v) is 1.95. The highest BCUT2D eigenvalue weighted by Gasteiger charge is 2.03. The van der Waals surface area contributed by atoms with E-state index in [0.29, 0.717) is 0 Å². The predicted octanol–water partition coefficient (Wildman–Crippen LogP) is 3.98. The monoisotopic (exact) mass is 191 g/mol. The SMILES string of the molecule is [c]1c(C2=CC=CC2)ccc2ccccc12. The molecule has 15 heavy (non-hydrogen) atoms. The van der Waals surface area contributed by atoms with Gasteiger partial charge in [0, 0.05) is 0 Å². The molecule has 0 saturated heterocycles. The summed E-state index contributed by atoms with van der Waals surface area (Å²) in [5, 5.41) is 2.45. The molecule has 2 aromatic carbocycles. The Hall–Kier alpha value is -1.82. The first-order chi connectivity index (χ1) is 7.43. The number of hydrogen-bond donors (Lipinski definition) is 0. The molecule has 1 radical (unpaired) electrons. The van der Waals surface area contributed by atoms with Gasteiger partial charge in [0.25, 0.3) is 0 Å². The van der Waals surface area contributed by atoms with Crippen molar-refractivity contribution in [1.82, 2.24) is 0 Å². The maximum Gasteiger partial charge on any atom is -0.00176 e. The van der Waals surface area contributed by atoms with Crippen molar-refractivity contribution in [3.63, 3.8) is 0 Å². The van der Waals surface area contributed by atoms with Gasteiger partial charge >= 0.3 is 0 Å². The van der Waals surface area contributed by atoms with E-state index in [1.165, 1.54) is 21.9 Å². The van der Waals surface area contributed by atoms with E-state index in [1.807, 2.05) is 0 Å².